The lowest BCUT2D eigenvalue weighted by atomic mass is 9.94. The SMILES string of the molecule is CC(C)(CNC(=O)Nc1cc(Cl)cc(Cl)c1)C(N)=S. The highest BCUT2D eigenvalue weighted by atomic mass is 35.5. The van der Waals surface area contributed by atoms with Crippen molar-refractivity contribution in [3.8, 4) is 0 Å². The number of nitrogens with two attached hydrogens (primary N) is 1. The molecule has 1 aromatic rings. The van der Waals surface area contributed by atoms with E-state index >= 15 is 0 Å². The molecule has 0 bridgehead atoms. The quantitative estimate of drug-likeness (QED) is 0.745. The van der Waals surface area contributed by atoms with Gasteiger partial charge in [0.25, 0.3) is 0 Å². The minimum atomic E-state index is -0.446. The normalized spacial score (nSPS) is 10.9. The fourth-order valence-electron chi connectivity index (χ4n) is 1.19. The fraction of sp³-hybridized carbons (Fsp3) is 0.333. The van der Waals surface area contributed by atoms with Gasteiger partial charge in [-0.05, 0) is 18.2 Å². The molecule has 104 valence electrons. The van der Waals surface area contributed by atoms with Crippen LogP contribution in [0, 0.1) is 5.41 Å². The summed E-state index contributed by atoms with van der Waals surface area (Å²) in [5.74, 6) is 0. The monoisotopic (exact) mass is 319 g/mol. The minimum absolute atomic E-state index is 0.336. The summed E-state index contributed by atoms with van der Waals surface area (Å²) < 4.78 is 0. The average Bonchev–Trinajstić information content (AvgIpc) is 2.24. The van der Waals surface area contributed by atoms with Gasteiger partial charge in [0.15, 0.2) is 0 Å². The molecule has 0 aliphatic carbocycles. The Kier molecular flexibility index (Phi) is 5.40. The van der Waals surface area contributed by atoms with Crippen molar-refractivity contribution >= 4 is 52.1 Å². The number of urea groups is 1. The van der Waals surface area contributed by atoms with Gasteiger partial charge in [-0.25, -0.2) is 4.79 Å². The molecule has 0 unspecified atom stereocenters. The molecule has 0 saturated heterocycles. The maximum atomic E-state index is 11.7. The van der Waals surface area contributed by atoms with Gasteiger partial charge in [0, 0.05) is 27.7 Å². The van der Waals surface area contributed by atoms with Crippen LogP contribution in [0.5, 0.6) is 0 Å². The molecule has 0 aliphatic rings. The van der Waals surface area contributed by atoms with Crippen molar-refractivity contribution < 1.29 is 4.79 Å². The van der Waals surface area contributed by atoms with Crippen LogP contribution in [0.1, 0.15) is 13.8 Å². The summed E-state index contributed by atoms with van der Waals surface area (Å²) in [5, 5.41) is 6.22. The predicted octanol–water partition coefficient (Wildman–Crippen LogP) is 3.43. The van der Waals surface area contributed by atoms with Gasteiger partial charge >= 0.3 is 6.03 Å². The number of hydrogen-bond donors (Lipinski definition) is 3. The predicted molar refractivity (Wildman–Crippen MR) is 84.0 cm³/mol. The van der Waals surface area contributed by atoms with Gasteiger partial charge in [0.2, 0.25) is 0 Å². The molecule has 0 aromatic heterocycles. The van der Waals surface area contributed by atoms with E-state index in [1.807, 2.05) is 13.8 Å². The number of nitrogens with one attached hydrogen (secondary N) is 2. The Hall–Kier alpha value is -1.04. The molecular weight excluding hydrogens is 305 g/mol. The molecular formula is C12H15Cl2N3OS. The van der Waals surface area contributed by atoms with E-state index in [4.69, 9.17) is 41.2 Å². The molecule has 0 fully saturated rings. The molecule has 1 rings (SSSR count). The lowest BCUT2D eigenvalue weighted by Crippen LogP contribution is -2.42. The zero-order chi connectivity index (χ0) is 14.6. The molecule has 1 aromatic carbocycles. The van der Waals surface area contributed by atoms with E-state index in [0.29, 0.717) is 27.3 Å². The average molecular weight is 320 g/mol. The maximum absolute atomic E-state index is 11.7. The molecule has 19 heavy (non-hydrogen) atoms. The standard InChI is InChI=1S/C12H15Cl2N3OS/c1-12(2,10(15)19)6-16-11(18)17-9-4-7(13)3-8(14)5-9/h3-5H,6H2,1-2H3,(H2,15,19)(H2,16,17,18). The van der Waals surface area contributed by atoms with E-state index in [-0.39, 0.29) is 6.03 Å². The highest BCUT2D eigenvalue weighted by molar-refractivity contribution is 7.80. The van der Waals surface area contributed by atoms with Gasteiger partial charge < -0.3 is 16.4 Å². The van der Waals surface area contributed by atoms with Gasteiger partial charge in [-0.1, -0.05) is 49.3 Å². The van der Waals surface area contributed by atoms with Crippen LogP contribution in [0.2, 0.25) is 10.0 Å². The second kappa shape index (κ2) is 6.41. The Morgan fingerprint density at radius 2 is 1.84 bits per heavy atom. The highest BCUT2D eigenvalue weighted by Crippen LogP contribution is 2.22. The topological polar surface area (TPSA) is 67.2 Å². The fourth-order valence-corrected chi connectivity index (χ4v) is 1.79. The summed E-state index contributed by atoms with van der Waals surface area (Å²) in [6.07, 6.45) is 0. The van der Waals surface area contributed by atoms with E-state index in [9.17, 15) is 4.79 Å². The lowest BCUT2D eigenvalue weighted by Gasteiger charge is -2.23. The lowest BCUT2D eigenvalue weighted by molar-refractivity contribution is 0.249. The van der Waals surface area contributed by atoms with Crippen LogP contribution in [0.15, 0.2) is 18.2 Å². The molecule has 0 spiro atoms. The number of halogens is 2. The Morgan fingerprint density at radius 3 is 2.32 bits per heavy atom. The van der Waals surface area contributed by atoms with Crippen LogP contribution in [0.4, 0.5) is 10.5 Å². The summed E-state index contributed by atoms with van der Waals surface area (Å²) >= 11 is 16.6. The number of hydrogen-bond acceptors (Lipinski definition) is 2. The van der Waals surface area contributed by atoms with Crippen molar-refractivity contribution in [1.82, 2.24) is 5.32 Å². The van der Waals surface area contributed by atoms with E-state index in [1.54, 1.807) is 18.2 Å². The third-order valence-corrected chi connectivity index (χ3v) is 3.47. The first-order chi connectivity index (χ1) is 8.70. The summed E-state index contributed by atoms with van der Waals surface area (Å²) in [6, 6.07) is 4.42. The van der Waals surface area contributed by atoms with Crippen LogP contribution in [-0.2, 0) is 0 Å². The third kappa shape index (κ3) is 5.22. The number of carbonyl (C=O) groups excluding carboxylic acids is 1. The number of amides is 2. The maximum Gasteiger partial charge on any atom is 0.319 e. The first-order valence-corrected chi connectivity index (χ1v) is 6.68. The van der Waals surface area contributed by atoms with Gasteiger partial charge in [0.1, 0.15) is 0 Å². The van der Waals surface area contributed by atoms with Gasteiger partial charge in [0.05, 0.1) is 4.99 Å². The smallest absolute Gasteiger partial charge is 0.319 e. The van der Waals surface area contributed by atoms with Crippen LogP contribution < -0.4 is 16.4 Å². The third-order valence-electron chi connectivity index (χ3n) is 2.48. The second-order valence-electron chi connectivity index (χ2n) is 4.71. The van der Waals surface area contributed by atoms with Crippen molar-refractivity contribution in [2.24, 2.45) is 11.1 Å². The summed E-state index contributed by atoms with van der Waals surface area (Å²) in [6.45, 7) is 4.04. The number of anilines is 1. The first kappa shape index (κ1) is 16.0. The highest BCUT2D eigenvalue weighted by Gasteiger charge is 2.22. The van der Waals surface area contributed by atoms with E-state index in [2.05, 4.69) is 10.6 Å². The molecule has 0 atom stereocenters. The first-order valence-electron chi connectivity index (χ1n) is 5.51. The Bertz CT molecular complexity index is 485. The molecule has 0 heterocycles. The molecule has 0 saturated carbocycles. The number of carbonyl (C=O) groups is 1. The largest absolute Gasteiger partial charge is 0.393 e. The zero-order valence-corrected chi connectivity index (χ0v) is 12.9. The van der Waals surface area contributed by atoms with E-state index < -0.39 is 5.41 Å². The molecule has 0 aliphatic heterocycles. The van der Waals surface area contributed by atoms with Gasteiger partial charge in [-0.2, -0.15) is 0 Å². The van der Waals surface area contributed by atoms with Crippen molar-refractivity contribution in [1.29, 1.82) is 0 Å². The Balaban J connectivity index is 2.59. The summed E-state index contributed by atoms with van der Waals surface area (Å²) in [5.41, 5.74) is 5.64. The molecule has 0 radical (unpaired) electrons. The van der Waals surface area contributed by atoms with Crippen LogP contribution >= 0.6 is 35.4 Å². The molecule has 4 N–H and O–H groups in total. The number of thiocarbonyl (C=S) groups is 1. The Labute approximate surface area is 127 Å². The number of rotatable bonds is 4. The second-order valence-corrected chi connectivity index (χ2v) is 6.03. The van der Waals surface area contributed by atoms with Crippen molar-refractivity contribution in [3.05, 3.63) is 28.2 Å². The summed E-state index contributed by atoms with van der Waals surface area (Å²) in [4.78, 5) is 12.1. The van der Waals surface area contributed by atoms with Crippen LogP contribution in [-0.4, -0.2) is 17.6 Å². The zero-order valence-electron chi connectivity index (χ0n) is 10.6. The van der Waals surface area contributed by atoms with E-state index in [1.165, 1.54) is 0 Å². The van der Waals surface area contributed by atoms with E-state index in [0.717, 1.165) is 0 Å². The minimum Gasteiger partial charge on any atom is -0.393 e. The van der Waals surface area contributed by atoms with Crippen molar-refractivity contribution in [2.75, 3.05) is 11.9 Å². The molecule has 2 amide bonds. The summed E-state index contributed by atoms with van der Waals surface area (Å²) in [7, 11) is 0. The van der Waals surface area contributed by atoms with Crippen LogP contribution in [0.25, 0.3) is 0 Å². The molecule has 4 nitrogen and oxygen atoms in total. The van der Waals surface area contributed by atoms with Crippen molar-refractivity contribution in [3.63, 3.8) is 0 Å². The van der Waals surface area contributed by atoms with Crippen LogP contribution in [0.3, 0.4) is 0 Å². The molecule has 7 heteroatoms. The van der Waals surface area contributed by atoms with Gasteiger partial charge in [-0.3, -0.25) is 0 Å². The van der Waals surface area contributed by atoms with Gasteiger partial charge in [-0.15, -0.1) is 0 Å². The number of benzene rings is 1. The Morgan fingerprint density at radius 1 is 1.32 bits per heavy atom. The van der Waals surface area contributed by atoms with Crippen molar-refractivity contribution in [2.45, 2.75) is 13.8 Å².